The monoisotopic (exact) mass is 842 g/mol. The standard InChI is InChI=1S/C25H30ClNO3S.C20H29NO4.ClH/c1-3-18-5-4-6-22(26)20(18)15-31-19-7-8-21-23(13-19)30-16-25(21)9-11-27(12-10-25)14-17(2)24(28)29;1-14(18(23)25-19(2,3)4)12-21-9-7-20(8-10-21)13-24-17-11-15(22)5-6-16(17)20;/h4-8,13,17H,3,9-12,14-16H2,1-2H3,(H,28,29);5-6,11,14,22H,7-10,12-13H2,1-4H3;1H. The molecule has 0 radical (unpaired) electrons. The third-order valence-electron chi connectivity index (χ3n) is 12.0. The Morgan fingerprint density at radius 1 is 0.860 bits per heavy atom. The largest absolute Gasteiger partial charge is 0.508 e. The van der Waals surface area contributed by atoms with Crippen LogP contribution in [0.25, 0.3) is 0 Å². The van der Waals surface area contributed by atoms with Gasteiger partial charge in [0.05, 0.1) is 25.0 Å². The zero-order chi connectivity index (χ0) is 40.3. The molecule has 0 aliphatic carbocycles. The van der Waals surface area contributed by atoms with E-state index in [0.717, 1.165) is 93.7 Å². The molecule has 3 aromatic rings. The number of carbonyl (C=O) groups excluding carboxylic acids is 1. The molecule has 3 aromatic carbocycles. The molecule has 4 aliphatic heterocycles. The Bertz CT molecular complexity index is 1870. The summed E-state index contributed by atoms with van der Waals surface area (Å²) in [6.07, 6.45) is 5.02. The van der Waals surface area contributed by atoms with Crippen molar-refractivity contribution in [1.29, 1.82) is 0 Å². The van der Waals surface area contributed by atoms with Crippen LogP contribution >= 0.6 is 35.8 Å². The Morgan fingerprint density at radius 2 is 1.40 bits per heavy atom. The fraction of sp³-hybridized carbons (Fsp3) is 0.556. The van der Waals surface area contributed by atoms with Crippen LogP contribution in [0.4, 0.5) is 0 Å². The van der Waals surface area contributed by atoms with Gasteiger partial charge in [-0.2, -0.15) is 0 Å². The van der Waals surface area contributed by atoms with E-state index in [-0.39, 0.29) is 46.8 Å². The van der Waals surface area contributed by atoms with Crippen LogP contribution in [-0.2, 0) is 37.3 Å². The Balaban J connectivity index is 0.000000219. The number of hydrogen-bond donors (Lipinski definition) is 2. The van der Waals surface area contributed by atoms with Crippen LogP contribution in [-0.4, -0.2) is 90.0 Å². The smallest absolute Gasteiger partial charge is 0.310 e. The zero-order valence-corrected chi connectivity index (χ0v) is 36.7. The van der Waals surface area contributed by atoms with E-state index in [2.05, 4.69) is 41.0 Å². The highest BCUT2D eigenvalue weighted by molar-refractivity contribution is 7.98. The summed E-state index contributed by atoms with van der Waals surface area (Å²) >= 11 is 8.25. The number of phenols is 1. The number of carboxylic acids is 1. The number of aryl methyl sites for hydroxylation is 1. The lowest BCUT2D eigenvalue weighted by molar-refractivity contribution is -0.160. The van der Waals surface area contributed by atoms with Crippen LogP contribution in [0.1, 0.15) is 89.5 Å². The number of halogens is 2. The number of likely N-dealkylation sites (tertiary alicyclic amines) is 2. The van der Waals surface area contributed by atoms with Crippen LogP contribution in [0.3, 0.4) is 0 Å². The minimum Gasteiger partial charge on any atom is -0.508 e. The molecule has 9 nitrogen and oxygen atoms in total. The van der Waals surface area contributed by atoms with Gasteiger partial charge in [0.2, 0.25) is 0 Å². The summed E-state index contributed by atoms with van der Waals surface area (Å²) in [7, 11) is 0. The van der Waals surface area contributed by atoms with E-state index in [1.807, 2.05) is 45.9 Å². The number of nitrogens with zero attached hydrogens (tertiary/aromatic N) is 2. The number of thioether (sulfide) groups is 1. The number of fused-ring (bicyclic) bond motifs is 4. The van der Waals surface area contributed by atoms with E-state index in [0.29, 0.717) is 13.2 Å². The molecular formula is C45H60Cl2N2O7S. The van der Waals surface area contributed by atoms with Gasteiger partial charge in [-0.25, -0.2) is 0 Å². The summed E-state index contributed by atoms with van der Waals surface area (Å²) < 4.78 is 17.5. The molecule has 2 atom stereocenters. The van der Waals surface area contributed by atoms with E-state index < -0.39 is 11.6 Å². The predicted molar refractivity (Wildman–Crippen MR) is 230 cm³/mol. The number of hydrogen-bond acceptors (Lipinski definition) is 9. The number of phenolic OH excluding ortho intramolecular Hbond substituents is 1. The Morgan fingerprint density at radius 3 is 1.95 bits per heavy atom. The van der Waals surface area contributed by atoms with Crippen LogP contribution < -0.4 is 9.47 Å². The molecular weight excluding hydrogens is 783 g/mol. The number of carboxylic acid groups (broad SMARTS) is 1. The Labute approximate surface area is 354 Å². The summed E-state index contributed by atoms with van der Waals surface area (Å²) in [6.45, 7) is 18.1. The van der Waals surface area contributed by atoms with Crippen LogP contribution in [0.5, 0.6) is 17.2 Å². The van der Waals surface area contributed by atoms with Gasteiger partial charge in [0.25, 0.3) is 0 Å². The number of carbonyl (C=O) groups is 2. The fourth-order valence-corrected chi connectivity index (χ4v) is 9.89. The maximum atomic E-state index is 12.2. The summed E-state index contributed by atoms with van der Waals surface area (Å²) in [6, 6.07) is 18.2. The molecule has 4 heterocycles. The summed E-state index contributed by atoms with van der Waals surface area (Å²) in [5.41, 5.74) is 4.74. The van der Waals surface area contributed by atoms with Crippen molar-refractivity contribution in [2.75, 3.05) is 52.5 Å². The van der Waals surface area contributed by atoms with Gasteiger partial charge in [0.1, 0.15) is 22.8 Å². The maximum absolute atomic E-state index is 12.2. The molecule has 12 heteroatoms. The number of benzene rings is 3. The molecule has 7 rings (SSSR count). The molecule has 0 bridgehead atoms. The molecule has 0 aromatic heterocycles. The van der Waals surface area contributed by atoms with Gasteiger partial charge in [-0.3, -0.25) is 9.59 Å². The molecule has 312 valence electrons. The van der Waals surface area contributed by atoms with Gasteiger partial charge in [-0.1, -0.05) is 56.6 Å². The van der Waals surface area contributed by atoms with Gasteiger partial charge >= 0.3 is 11.9 Å². The second-order valence-corrected chi connectivity index (χ2v) is 18.7. The lowest BCUT2D eigenvalue weighted by atomic mass is 9.74. The zero-order valence-electron chi connectivity index (χ0n) is 34.3. The van der Waals surface area contributed by atoms with Crippen molar-refractivity contribution in [2.24, 2.45) is 11.8 Å². The van der Waals surface area contributed by atoms with Crippen LogP contribution in [0, 0.1) is 11.8 Å². The molecule has 2 unspecified atom stereocenters. The molecule has 2 N–H and O–H groups in total. The summed E-state index contributed by atoms with van der Waals surface area (Å²) in [5, 5.41) is 19.6. The van der Waals surface area contributed by atoms with Crippen LogP contribution in [0.2, 0.25) is 5.02 Å². The Hall–Kier alpha value is -3.15. The number of rotatable bonds is 10. The van der Waals surface area contributed by atoms with Gasteiger partial charge in [0.15, 0.2) is 0 Å². The van der Waals surface area contributed by atoms with Crippen molar-refractivity contribution in [3.05, 3.63) is 81.9 Å². The highest BCUT2D eigenvalue weighted by atomic mass is 35.5. The van der Waals surface area contributed by atoms with Crippen molar-refractivity contribution >= 4 is 47.7 Å². The lowest BCUT2D eigenvalue weighted by Gasteiger charge is -2.39. The van der Waals surface area contributed by atoms with Crippen LogP contribution in [0.15, 0.2) is 59.5 Å². The third kappa shape index (κ3) is 10.7. The van der Waals surface area contributed by atoms with Crippen molar-refractivity contribution < 1.29 is 34.0 Å². The molecule has 2 saturated heterocycles. The van der Waals surface area contributed by atoms with Gasteiger partial charge < -0.3 is 34.2 Å². The minimum absolute atomic E-state index is 0. The quantitative estimate of drug-likeness (QED) is 0.152. The van der Waals surface area contributed by atoms with E-state index in [1.54, 1.807) is 30.8 Å². The van der Waals surface area contributed by atoms with Gasteiger partial charge in [-0.05, 0) is 114 Å². The minimum atomic E-state index is -0.720. The Kier molecular flexibility index (Phi) is 14.9. The van der Waals surface area contributed by atoms with Crippen molar-refractivity contribution in [1.82, 2.24) is 9.80 Å². The van der Waals surface area contributed by atoms with E-state index in [1.165, 1.54) is 27.1 Å². The molecule has 4 aliphatic rings. The topological polar surface area (TPSA) is 109 Å². The van der Waals surface area contributed by atoms with E-state index >= 15 is 0 Å². The molecule has 57 heavy (non-hydrogen) atoms. The molecule has 2 spiro atoms. The highest BCUT2D eigenvalue weighted by Crippen LogP contribution is 2.48. The maximum Gasteiger partial charge on any atom is 0.310 e. The van der Waals surface area contributed by atoms with Crippen molar-refractivity contribution in [3.8, 4) is 17.2 Å². The average Bonchev–Trinajstić information content (AvgIpc) is 3.69. The normalized spacial score (nSPS) is 19.2. The molecule has 0 saturated carbocycles. The predicted octanol–water partition coefficient (Wildman–Crippen LogP) is 9.16. The lowest BCUT2D eigenvalue weighted by Crippen LogP contribution is -2.46. The van der Waals surface area contributed by atoms with Crippen molar-refractivity contribution in [2.45, 2.75) is 101 Å². The first-order valence-electron chi connectivity index (χ1n) is 20.1. The number of aromatic hydroxyl groups is 1. The molecule has 2 fully saturated rings. The van der Waals surface area contributed by atoms with Gasteiger partial charge in [-0.15, -0.1) is 24.2 Å². The first-order chi connectivity index (χ1) is 26.6. The van der Waals surface area contributed by atoms with Crippen molar-refractivity contribution in [3.63, 3.8) is 0 Å². The van der Waals surface area contributed by atoms with E-state index in [9.17, 15) is 19.8 Å². The first kappa shape index (κ1) is 44.9. The average molecular weight is 844 g/mol. The summed E-state index contributed by atoms with van der Waals surface area (Å²) in [4.78, 5) is 29.2. The van der Waals surface area contributed by atoms with E-state index in [4.69, 9.17) is 25.8 Å². The van der Waals surface area contributed by atoms with Gasteiger partial charge in [0, 0.05) is 56.8 Å². The number of ether oxygens (including phenoxy) is 3. The fourth-order valence-electron chi connectivity index (χ4n) is 8.54. The summed E-state index contributed by atoms with van der Waals surface area (Å²) in [5.74, 6) is 1.62. The molecule has 0 amide bonds. The second kappa shape index (κ2) is 18.8. The first-order valence-corrected chi connectivity index (χ1v) is 21.5. The number of aliphatic carboxylic acids is 1. The highest BCUT2D eigenvalue weighted by Gasteiger charge is 2.44. The SMILES string of the molecule is CC(CN1CCC2(CC1)COc1cc(O)ccc12)C(=O)OC(C)(C)C.CCc1cccc(Cl)c1CSc1ccc2c(c1)OCC21CCN(CC(C)C(=O)O)CC1.Cl. The second-order valence-electron chi connectivity index (χ2n) is 17.3. The number of piperidine rings is 2. The number of esters is 1. The third-order valence-corrected chi connectivity index (χ3v) is 13.3.